The van der Waals surface area contributed by atoms with Crippen molar-refractivity contribution in [3.63, 3.8) is 0 Å². The Morgan fingerprint density at radius 3 is 2.89 bits per heavy atom. The lowest BCUT2D eigenvalue weighted by Crippen LogP contribution is -2.34. The van der Waals surface area contributed by atoms with Gasteiger partial charge in [0.2, 0.25) is 0 Å². The molecule has 0 spiro atoms. The van der Waals surface area contributed by atoms with Gasteiger partial charge in [-0.1, -0.05) is 12.1 Å². The number of carbonyl (C=O) groups is 1. The number of carbonyl (C=O) groups excluding carboxylic acids is 1. The van der Waals surface area contributed by atoms with Crippen molar-refractivity contribution in [1.29, 1.82) is 0 Å². The molecule has 2 nitrogen and oxygen atoms in total. The molecule has 0 aliphatic carbocycles. The minimum absolute atomic E-state index is 0.0293. The second-order valence-electron chi connectivity index (χ2n) is 4.65. The minimum atomic E-state index is -0.0293. The molecule has 1 N–H and O–H groups in total. The fourth-order valence-electron chi connectivity index (χ4n) is 1.94. The quantitative estimate of drug-likeness (QED) is 0.890. The summed E-state index contributed by atoms with van der Waals surface area (Å²) in [7, 11) is 0. The van der Waals surface area contributed by atoms with Crippen molar-refractivity contribution < 1.29 is 4.79 Å². The fourth-order valence-corrected chi connectivity index (χ4v) is 3.06. The minimum Gasteiger partial charge on any atom is -0.349 e. The lowest BCUT2D eigenvalue weighted by molar-refractivity contribution is 0.0939. The van der Waals surface area contributed by atoms with Crippen LogP contribution in [0.5, 0.6) is 0 Å². The van der Waals surface area contributed by atoms with E-state index in [2.05, 4.69) is 38.1 Å². The number of thiophene rings is 1. The predicted molar refractivity (Wildman–Crippen MR) is 83.8 cm³/mol. The first kappa shape index (κ1) is 14.3. The first-order valence-corrected chi connectivity index (χ1v) is 7.88. The second-order valence-corrected chi connectivity index (χ2v) is 6.22. The molecule has 0 saturated carbocycles. The standard InChI is InChI=1S/C15H16BrNOS/c1-10-4-3-5-13(14(10)16)15(18)17-11(2)8-12-6-7-19-9-12/h3-7,9,11H,8H2,1-2H3,(H,17,18). The summed E-state index contributed by atoms with van der Waals surface area (Å²) in [6.45, 7) is 4.01. The summed E-state index contributed by atoms with van der Waals surface area (Å²) in [5.74, 6) is -0.0293. The summed E-state index contributed by atoms with van der Waals surface area (Å²) < 4.78 is 0.871. The SMILES string of the molecule is Cc1cccc(C(=O)NC(C)Cc2ccsc2)c1Br. The molecule has 2 aromatic rings. The molecule has 0 aliphatic heterocycles. The van der Waals surface area contributed by atoms with Crippen LogP contribution in [0.1, 0.15) is 28.4 Å². The average Bonchev–Trinajstić information content (AvgIpc) is 2.85. The van der Waals surface area contributed by atoms with E-state index in [4.69, 9.17) is 0 Å². The third kappa shape index (κ3) is 3.67. The molecule has 19 heavy (non-hydrogen) atoms. The Labute approximate surface area is 126 Å². The third-order valence-electron chi connectivity index (χ3n) is 2.94. The van der Waals surface area contributed by atoms with Crippen LogP contribution in [-0.4, -0.2) is 11.9 Å². The number of benzene rings is 1. The summed E-state index contributed by atoms with van der Waals surface area (Å²) in [5.41, 5.74) is 3.02. The van der Waals surface area contributed by atoms with E-state index >= 15 is 0 Å². The van der Waals surface area contributed by atoms with E-state index in [1.165, 1.54) is 5.56 Å². The molecule has 0 aliphatic rings. The number of rotatable bonds is 4. The largest absolute Gasteiger partial charge is 0.349 e. The van der Waals surface area contributed by atoms with E-state index in [1.54, 1.807) is 11.3 Å². The molecule has 4 heteroatoms. The molecular weight excluding hydrogens is 322 g/mol. The van der Waals surface area contributed by atoms with Gasteiger partial charge in [0, 0.05) is 10.5 Å². The maximum absolute atomic E-state index is 12.2. The van der Waals surface area contributed by atoms with Gasteiger partial charge in [-0.15, -0.1) is 0 Å². The van der Waals surface area contributed by atoms with Crippen molar-refractivity contribution in [2.75, 3.05) is 0 Å². The number of amides is 1. The maximum Gasteiger partial charge on any atom is 0.252 e. The van der Waals surface area contributed by atoms with Crippen LogP contribution in [0.2, 0.25) is 0 Å². The Morgan fingerprint density at radius 1 is 1.42 bits per heavy atom. The maximum atomic E-state index is 12.2. The second kappa shape index (κ2) is 6.35. The predicted octanol–water partition coefficient (Wildman–Crippen LogP) is 4.18. The van der Waals surface area contributed by atoms with Crippen LogP contribution < -0.4 is 5.32 Å². The van der Waals surface area contributed by atoms with Crippen molar-refractivity contribution in [2.45, 2.75) is 26.3 Å². The molecule has 100 valence electrons. The highest BCUT2D eigenvalue weighted by molar-refractivity contribution is 9.10. The van der Waals surface area contributed by atoms with E-state index in [9.17, 15) is 4.79 Å². The smallest absolute Gasteiger partial charge is 0.252 e. The molecule has 0 radical (unpaired) electrons. The zero-order valence-electron chi connectivity index (χ0n) is 10.9. The van der Waals surface area contributed by atoms with Gasteiger partial charge in [-0.2, -0.15) is 11.3 Å². The van der Waals surface area contributed by atoms with E-state index in [0.29, 0.717) is 5.56 Å². The van der Waals surface area contributed by atoms with E-state index in [1.807, 2.05) is 32.0 Å². The molecule has 0 saturated heterocycles. The monoisotopic (exact) mass is 337 g/mol. The lowest BCUT2D eigenvalue weighted by atomic mass is 10.1. The number of aryl methyl sites for hydroxylation is 1. The first-order chi connectivity index (χ1) is 9.08. The zero-order valence-corrected chi connectivity index (χ0v) is 13.3. The Kier molecular flexibility index (Phi) is 4.77. The Morgan fingerprint density at radius 2 is 2.21 bits per heavy atom. The highest BCUT2D eigenvalue weighted by Crippen LogP contribution is 2.21. The topological polar surface area (TPSA) is 29.1 Å². The highest BCUT2D eigenvalue weighted by Gasteiger charge is 2.14. The molecule has 1 unspecified atom stereocenters. The first-order valence-electron chi connectivity index (χ1n) is 6.15. The summed E-state index contributed by atoms with van der Waals surface area (Å²) in [6, 6.07) is 7.93. The number of halogens is 1. The number of nitrogens with one attached hydrogen (secondary N) is 1. The van der Waals surface area contributed by atoms with Gasteiger partial charge >= 0.3 is 0 Å². The van der Waals surface area contributed by atoms with Gasteiger partial charge in [0.15, 0.2) is 0 Å². The Balaban J connectivity index is 2.02. The van der Waals surface area contributed by atoms with Gasteiger partial charge in [-0.25, -0.2) is 0 Å². The van der Waals surface area contributed by atoms with Crippen LogP contribution in [0.3, 0.4) is 0 Å². The number of hydrogen-bond donors (Lipinski definition) is 1. The zero-order chi connectivity index (χ0) is 13.8. The fraction of sp³-hybridized carbons (Fsp3) is 0.267. The molecule has 1 aromatic carbocycles. The van der Waals surface area contributed by atoms with Crippen molar-refractivity contribution in [3.05, 3.63) is 56.2 Å². The molecular formula is C15H16BrNOS. The van der Waals surface area contributed by atoms with Crippen molar-refractivity contribution in [1.82, 2.24) is 5.32 Å². The lowest BCUT2D eigenvalue weighted by Gasteiger charge is -2.14. The van der Waals surface area contributed by atoms with Gasteiger partial charge in [-0.3, -0.25) is 4.79 Å². The van der Waals surface area contributed by atoms with Crippen molar-refractivity contribution >= 4 is 33.2 Å². The van der Waals surface area contributed by atoms with Crippen molar-refractivity contribution in [2.24, 2.45) is 0 Å². The van der Waals surface area contributed by atoms with E-state index in [0.717, 1.165) is 16.5 Å². The van der Waals surface area contributed by atoms with Gasteiger partial charge in [-0.05, 0) is 70.2 Å². The summed E-state index contributed by atoms with van der Waals surface area (Å²) in [6.07, 6.45) is 0.860. The van der Waals surface area contributed by atoms with Crippen LogP contribution in [0.4, 0.5) is 0 Å². The molecule has 1 amide bonds. The van der Waals surface area contributed by atoms with Gasteiger partial charge in [0.05, 0.1) is 5.56 Å². The van der Waals surface area contributed by atoms with Crippen molar-refractivity contribution in [3.8, 4) is 0 Å². The molecule has 1 heterocycles. The molecule has 0 bridgehead atoms. The average molecular weight is 338 g/mol. The van der Waals surface area contributed by atoms with E-state index in [-0.39, 0.29) is 11.9 Å². The van der Waals surface area contributed by atoms with Crippen LogP contribution >= 0.6 is 27.3 Å². The van der Waals surface area contributed by atoms with Gasteiger partial charge in [0.25, 0.3) is 5.91 Å². The molecule has 1 aromatic heterocycles. The Bertz CT molecular complexity index is 566. The third-order valence-corrected chi connectivity index (χ3v) is 4.72. The van der Waals surface area contributed by atoms with Gasteiger partial charge < -0.3 is 5.32 Å². The normalized spacial score (nSPS) is 12.2. The summed E-state index contributed by atoms with van der Waals surface area (Å²) >= 11 is 5.15. The van der Waals surface area contributed by atoms with Crippen LogP contribution in [-0.2, 0) is 6.42 Å². The van der Waals surface area contributed by atoms with Gasteiger partial charge in [0.1, 0.15) is 0 Å². The van der Waals surface area contributed by atoms with Crippen LogP contribution in [0.15, 0.2) is 39.5 Å². The Hall–Kier alpha value is -1.13. The van der Waals surface area contributed by atoms with Crippen LogP contribution in [0.25, 0.3) is 0 Å². The molecule has 2 rings (SSSR count). The highest BCUT2D eigenvalue weighted by atomic mass is 79.9. The molecule has 1 atom stereocenters. The number of hydrogen-bond acceptors (Lipinski definition) is 2. The summed E-state index contributed by atoms with van der Waals surface area (Å²) in [4.78, 5) is 12.2. The molecule has 0 fully saturated rings. The summed E-state index contributed by atoms with van der Waals surface area (Å²) in [5, 5.41) is 7.21. The van der Waals surface area contributed by atoms with E-state index < -0.39 is 0 Å². The van der Waals surface area contributed by atoms with Crippen LogP contribution in [0, 0.1) is 6.92 Å².